The number of aromatic nitrogens is 2. The Morgan fingerprint density at radius 1 is 1.10 bits per heavy atom. The topological polar surface area (TPSA) is 39.4 Å². The number of fused-ring (bicyclic) bond motifs is 1. The molecule has 21 heavy (non-hydrogen) atoms. The first-order valence-electron chi connectivity index (χ1n) is 6.84. The van der Waals surface area contributed by atoms with Crippen molar-refractivity contribution in [2.75, 3.05) is 14.2 Å². The second-order valence-electron chi connectivity index (χ2n) is 4.71. The maximum Gasteiger partial charge on any atom is 0.205 e. The average Bonchev–Trinajstić information content (AvgIpc) is 2.92. The Morgan fingerprint density at radius 2 is 1.81 bits per heavy atom. The monoisotopic (exact) mass is 279 g/mol. The van der Waals surface area contributed by atoms with Gasteiger partial charge in [-0.3, -0.25) is 9.67 Å². The highest BCUT2D eigenvalue weighted by atomic mass is 16.5. The quantitative estimate of drug-likeness (QED) is 0.544. The molecule has 4 nitrogen and oxygen atoms in total. The zero-order valence-electron chi connectivity index (χ0n) is 12.2. The minimum atomic E-state index is 0.528. The second kappa shape index (κ2) is 5.79. The van der Waals surface area contributed by atoms with Gasteiger partial charge in [0.25, 0.3) is 0 Å². The molecule has 0 radical (unpaired) electrons. The zero-order valence-corrected chi connectivity index (χ0v) is 12.2. The summed E-state index contributed by atoms with van der Waals surface area (Å²) in [5, 5.41) is 5.89. The smallest absolute Gasteiger partial charge is 0.205 e. The van der Waals surface area contributed by atoms with Crippen molar-refractivity contribution in [2.24, 2.45) is 4.99 Å². The van der Waals surface area contributed by atoms with Crippen LogP contribution >= 0.6 is 0 Å². The zero-order chi connectivity index (χ0) is 14.7. The highest BCUT2D eigenvalue weighted by molar-refractivity contribution is 5.94. The van der Waals surface area contributed by atoms with Gasteiger partial charge in [-0.1, -0.05) is 48.5 Å². The van der Waals surface area contributed by atoms with Gasteiger partial charge in [-0.25, -0.2) is 0 Å². The van der Waals surface area contributed by atoms with E-state index in [-0.39, 0.29) is 0 Å². The first kappa shape index (κ1) is 13.4. The van der Waals surface area contributed by atoms with Crippen molar-refractivity contribution in [3.63, 3.8) is 0 Å². The van der Waals surface area contributed by atoms with Crippen molar-refractivity contribution in [3.8, 4) is 11.3 Å². The van der Waals surface area contributed by atoms with Crippen LogP contribution in [-0.4, -0.2) is 29.8 Å². The summed E-state index contributed by atoms with van der Waals surface area (Å²) in [4.78, 5) is 4.12. The molecule has 1 heterocycles. The van der Waals surface area contributed by atoms with E-state index in [0.29, 0.717) is 12.4 Å². The molecule has 2 aromatic carbocycles. The maximum atomic E-state index is 5.26. The van der Waals surface area contributed by atoms with E-state index < -0.39 is 0 Å². The molecule has 0 atom stereocenters. The molecule has 0 spiro atoms. The van der Waals surface area contributed by atoms with Crippen molar-refractivity contribution in [3.05, 3.63) is 54.6 Å². The Balaban J connectivity index is 2.15. The molecule has 0 amide bonds. The van der Waals surface area contributed by atoms with Gasteiger partial charge in [-0.05, 0) is 6.07 Å². The van der Waals surface area contributed by atoms with E-state index in [1.807, 2.05) is 35.0 Å². The highest BCUT2D eigenvalue weighted by Gasteiger charge is 2.13. The summed E-state index contributed by atoms with van der Waals surface area (Å²) in [7, 11) is 3.36. The summed E-state index contributed by atoms with van der Waals surface area (Å²) in [6.45, 7) is 0.528. The molecule has 0 N–H and O–H groups in total. The maximum absolute atomic E-state index is 5.26. The third-order valence-electron chi connectivity index (χ3n) is 3.48. The molecule has 0 aliphatic rings. The van der Waals surface area contributed by atoms with Crippen LogP contribution in [0.2, 0.25) is 0 Å². The summed E-state index contributed by atoms with van der Waals surface area (Å²) >= 11 is 0. The lowest BCUT2D eigenvalue weighted by Crippen LogP contribution is -2.13. The molecule has 0 aliphatic heterocycles. The molecule has 0 bridgehead atoms. The SMILES string of the molecule is CN=C(Cn1nc(-c2ccccc2)c2ccccc21)OC. The number of para-hydroxylation sites is 1. The number of hydrogen-bond donors (Lipinski definition) is 0. The number of benzene rings is 2. The molecule has 1 aromatic heterocycles. The van der Waals surface area contributed by atoms with Gasteiger partial charge in [-0.2, -0.15) is 5.10 Å². The van der Waals surface area contributed by atoms with Crippen LogP contribution < -0.4 is 0 Å². The average molecular weight is 279 g/mol. The normalized spacial score (nSPS) is 11.8. The number of nitrogens with zero attached hydrogens (tertiary/aromatic N) is 3. The fourth-order valence-corrected chi connectivity index (χ4v) is 2.41. The molecule has 3 rings (SSSR count). The Kier molecular flexibility index (Phi) is 3.69. The van der Waals surface area contributed by atoms with Crippen LogP contribution in [0.3, 0.4) is 0 Å². The summed E-state index contributed by atoms with van der Waals surface area (Å²) in [5.41, 5.74) is 3.17. The van der Waals surface area contributed by atoms with E-state index in [0.717, 1.165) is 22.2 Å². The summed E-state index contributed by atoms with van der Waals surface area (Å²) in [6, 6.07) is 18.4. The van der Waals surface area contributed by atoms with Crippen LogP contribution in [0.1, 0.15) is 0 Å². The Hall–Kier alpha value is -2.62. The van der Waals surface area contributed by atoms with Crippen LogP contribution in [0.15, 0.2) is 59.6 Å². The van der Waals surface area contributed by atoms with Crippen LogP contribution in [0.5, 0.6) is 0 Å². The molecule has 0 fully saturated rings. The first-order chi connectivity index (χ1) is 10.3. The molecule has 0 aliphatic carbocycles. The van der Waals surface area contributed by atoms with Crippen LogP contribution in [0.25, 0.3) is 22.2 Å². The van der Waals surface area contributed by atoms with Gasteiger partial charge in [0.2, 0.25) is 5.90 Å². The summed E-state index contributed by atoms with van der Waals surface area (Å²) < 4.78 is 7.19. The standard InChI is InChI=1S/C17H17N3O/c1-18-16(21-2)12-20-15-11-7-6-10-14(15)17(19-20)13-8-4-3-5-9-13/h3-11H,12H2,1-2H3. The summed E-state index contributed by atoms with van der Waals surface area (Å²) in [5.74, 6) is 0.655. The lowest BCUT2D eigenvalue weighted by Gasteiger charge is -2.05. The van der Waals surface area contributed by atoms with Crippen molar-refractivity contribution < 1.29 is 4.74 Å². The Labute approximate surface area is 123 Å². The number of ether oxygens (including phenoxy) is 1. The number of aliphatic imine (C=N–C) groups is 1. The highest BCUT2D eigenvalue weighted by Crippen LogP contribution is 2.27. The van der Waals surface area contributed by atoms with Gasteiger partial charge >= 0.3 is 0 Å². The second-order valence-corrected chi connectivity index (χ2v) is 4.71. The van der Waals surface area contributed by atoms with Gasteiger partial charge in [0, 0.05) is 18.0 Å². The van der Waals surface area contributed by atoms with Gasteiger partial charge in [0.15, 0.2) is 0 Å². The largest absolute Gasteiger partial charge is 0.483 e. The molecule has 4 heteroatoms. The van der Waals surface area contributed by atoms with Gasteiger partial charge in [-0.15, -0.1) is 0 Å². The van der Waals surface area contributed by atoms with E-state index in [1.54, 1.807) is 14.2 Å². The number of rotatable bonds is 3. The first-order valence-corrected chi connectivity index (χ1v) is 6.84. The predicted molar refractivity (Wildman–Crippen MR) is 85.5 cm³/mol. The van der Waals surface area contributed by atoms with Gasteiger partial charge in [0.05, 0.1) is 12.6 Å². The van der Waals surface area contributed by atoms with Gasteiger partial charge in [0.1, 0.15) is 12.2 Å². The predicted octanol–water partition coefficient (Wildman–Crippen LogP) is 3.38. The van der Waals surface area contributed by atoms with Crippen molar-refractivity contribution in [1.82, 2.24) is 9.78 Å². The third-order valence-corrected chi connectivity index (χ3v) is 3.48. The number of methoxy groups -OCH3 is 1. The minimum Gasteiger partial charge on any atom is -0.483 e. The van der Waals surface area contributed by atoms with Crippen LogP contribution in [0.4, 0.5) is 0 Å². The van der Waals surface area contributed by atoms with E-state index in [4.69, 9.17) is 9.84 Å². The van der Waals surface area contributed by atoms with E-state index in [1.165, 1.54) is 0 Å². The molecule has 0 saturated carbocycles. The molecule has 0 saturated heterocycles. The fourth-order valence-electron chi connectivity index (χ4n) is 2.41. The molecular formula is C17H17N3O. The van der Waals surface area contributed by atoms with E-state index in [2.05, 4.69) is 29.3 Å². The third kappa shape index (κ3) is 2.52. The molecule has 106 valence electrons. The Bertz CT molecular complexity index is 775. The molecule has 3 aromatic rings. The minimum absolute atomic E-state index is 0.528. The van der Waals surface area contributed by atoms with Crippen molar-refractivity contribution in [1.29, 1.82) is 0 Å². The van der Waals surface area contributed by atoms with Gasteiger partial charge < -0.3 is 4.74 Å². The molecular weight excluding hydrogens is 262 g/mol. The van der Waals surface area contributed by atoms with E-state index in [9.17, 15) is 0 Å². The lowest BCUT2D eigenvalue weighted by molar-refractivity contribution is 0.382. The van der Waals surface area contributed by atoms with E-state index >= 15 is 0 Å². The fraction of sp³-hybridized carbons (Fsp3) is 0.176. The lowest BCUT2D eigenvalue weighted by atomic mass is 10.1. The summed E-state index contributed by atoms with van der Waals surface area (Å²) in [6.07, 6.45) is 0. The number of hydrogen-bond acceptors (Lipinski definition) is 3. The van der Waals surface area contributed by atoms with Crippen LogP contribution in [-0.2, 0) is 11.3 Å². The molecule has 0 unspecified atom stereocenters. The van der Waals surface area contributed by atoms with Crippen molar-refractivity contribution >= 4 is 16.8 Å². The van der Waals surface area contributed by atoms with Crippen LogP contribution in [0, 0.1) is 0 Å². The Morgan fingerprint density at radius 3 is 2.52 bits per heavy atom. The van der Waals surface area contributed by atoms with Crippen molar-refractivity contribution in [2.45, 2.75) is 6.54 Å².